The van der Waals surface area contributed by atoms with Crippen molar-refractivity contribution < 1.29 is 0 Å². The summed E-state index contributed by atoms with van der Waals surface area (Å²) in [4.78, 5) is 0. The van der Waals surface area contributed by atoms with Crippen molar-refractivity contribution in [3.05, 3.63) is 0 Å². The van der Waals surface area contributed by atoms with Gasteiger partial charge in [-0.3, -0.25) is 0 Å². The van der Waals surface area contributed by atoms with Gasteiger partial charge < -0.3 is 0 Å². The average molecular weight is 317 g/mol. The van der Waals surface area contributed by atoms with Gasteiger partial charge in [0.2, 0.25) is 0 Å². The fourth-order valence-corrected chi connectivity index (χ4v) is 25.2. The van der Waals surface area contributed by atoms with Gasteiger partial charge in [0.15, 0.2) is 0 Å². The molecule has 9 heavy (non-hydrogen) atoms. The van der Waals surface area contributed by atoms with Crippen LogP contribution in [0.5, 0.6) is 0 Å². The van der Waals surface area contributed by atoms with E-state index in [4.69, 9.17) is 0 Å². The Labute approximate surface area is 75.2 Å². The van der Waals surface area contributed by atoms with Crippen LogP contribution in [0.25, 0.3) is 0 Å². The van der Waals surface area contributed by atoms with E-state index >= 15 is 0 Å². The first-order valence-corrected chi connectivity index (χ1v) is 11.6. The molecule has 0 aromatic rings. The van der Waals surface area contributed by atoms with E-state index in [9.17, 15) is 0 Å². The minimum absolute atomic E-state index is 1.06. The first-order chi connectivity index (χ1) is 4.36. The number of rotatable bonds is 2. The molecule has 1 saturated heterocycles. The van der Waals surface area contributed by atoms with Gasteiger partial charge in [-0.15, -0.1) is 0 Å². The normalized spacial score (nSPS) is 19.3. The summed E-state index contributed by atoms with van der Waals surface area (Å²) < 4.78 is 2.46. The van der Waals surface area contributed by atoms with Crippen LogP contribution in [-0.4, -0.2) is 49.2 Å². The third-order valence-corrected chi connectivity index (χ3v) is 23.7. The first-order valence-electron chi connectivity index (χ1n) is 3.34. The van der Waals surface area contributed by atoms with Crippen molar-refractivity contribution in [2.45, 2.75) is 26.5 Å². The Kier molecular flexibility index (Phi) is 4.43. The molecule has 0 spiro atoms. The molecular weight excluding hydrogens is 307 g/mol. The zero-order valence-corrected chi connectivity index (χ0v) is 10.9. The van der Waals surface area contributed by atoms with Gasteiger partial charge in [0.25, 0.3) is 0 Å². The standard InChI is InChI=1S/C4H10B2Se3/c1-3-5-7-6(4-2)9-8-5/h3-4H2,1-2H3. The molecule has 0 radical (unpaired) electrons. The van der Waals surface area contributed by atoms with Gasteiger partial charge in [0.05, 0.1) is 0 Å². The topological polar surface area (TPSA) is 0 Å². The van der Waals surface area contributed by atoms with Crippen molar-refractivity contribution in [1.29, 1.82) is 0 Å². The Bertz CT molecular complexity index is 79.9. The molecular formula is C4H10B2Se3. The number of hydrogen-bond acceptors (Lipinski definition) is 0. The van der Waals surface area contributed by atoms with Gasteiger partial charge in [-0.2, -0.15) is 0 Å². The minimum atomic E-state index is 1.06. The van der Waals surface area contributed by atoms with E-state index in [0.29, 0.717) is 0 Å². The third-order valence-electron chi connectivity index (χ3n) is 1.24. The van der Waals surface area contributed by atoms with E-state index in [1.54, 1.807) is 0 Å². The van der Waals surface area contributed by atoms with E-state index in [2.05, 4.69) is 13.8 Å². The summed E-state index contributed by atoms with van der Waals surface area (Å²) in [6.07, 6.45) is 2.97. The van der Waals surface area contributed by atoms with Crippen molar-refractivity contribution in [2.75, 3.05) is 0 Å². The number of hydrogen-bond donors (Lipinski definition) is 0. The van der Waals surface area contributed by atoms with Gasteiger partial charge >= 0.3 is 75.7 Å². The molecule has 5 heteroatoms. The molecule has 1 fully saturated rings. The zero-order chi connectivity index (χ0) is 6.69. The SMILES string of the molecule is CCB1[Se][Se]B(CC)[Se]1. The van der Waals surface area contributed by atoms with E-state index in [1.807, 2.05) is 0 Å². The van der Waals surface area contributed by atoms with E-state index < -0.39 is 0 Å². The van der Waals surface area contributed by atoms with E-state index in [-0.39, 0.29) is 0 Å². The molecule has 1 aliphatic rings. The first kappa shape index (κ1) is 8.78. The van der Waals surface area contributed by atoms with Crippen LogP contribution in [0.2, 0.25) is 12.6 Å². The fraction of sp³-hybridized carbons (Fsp3) is 1.00. The summed E-state index contributed by atoms with van der Waals surface area (Å²) in [6.45, 7) is 4.73. The Morgan fingerprint density at radius 2 is 1.44 bits per heavy atom. The molecule has 0 N–H and O–H groups in total. The molecule has 0 aliphatic carbocycles. The van der Waals surface area contributed by atoms with Crippen molar-refractivity contribution in [3.8, 4) is 0 Å². The van der Waals surface area contributed by atoms with Crippen LogP contribution in [0.4, 0.5) is 0 Å². The van der Waals surface area contributed by atoms with Gasteiger partial charge in [-0.25, -0.2) is 0 Å². The van der Waals surface area contributed by atoms with Crippen LogP contribution >= 0.6 is 0 Å². The van der Waals surface area contributed by atoms with Gasteiger partial charge in [-0.1, -0.05) is 0 Å². The van der Waals surface area contributed by atoms with Crippen molar-refractivity contribution in [1.82, 2.24) is 0 Å². The maximum absolute atomic E-state index is 2.36. The second kappa shape index (κ2) is 4.54. The second-order valence-corrected chi connectivity index (χ2v) is 15.4. The van der Waals surface area contributed by atoms with Crippen LogP contribution in [0.1, 0.15) is 13.8 Å². The fourth-order valence-electron chi connectivity index (χ4n) is 0.667. The third kappa shape index (κ3) is 2.65. The average Bonchev–Trinajstić information content (AvgIpc) is 2.34. The van der Waals surface area contributed by atoms with Crippen LogP contribution in [-0.2, 0) is 0 Å². The molecule has 0 unspecified atom stereocenters. The predicted molar refractivity (Wildman–Crippen MR) is 49.7 cm³/mol. The second-order valence-electron chi connectivity index (χ2n) is 2.00. The Morgan fingerprint density at radius 3 is 1.67 bits per heavy atom. The molecule has 1 rings (SSSR count). The molecule has 1 aliphatic heterocycles. The van der Waals surface area contributed by atoms with Crippen LogP contribution < -0.4 is 0 Å². The molecule has 0 saturated carbocycles. The summed E-state index contributed by atoms with van der Waals surface area (Å²) in [5, 5.41) is 0. The maximum atomic E-state index is 2.36. The van der Waals surface area contributed by atoms with Gasteiger partial charge in [0, 0.05) is 0 Å². The van der Waals surface area contributed by atoms with Crippen LogP contribution in [0.3, 0.4) is 0 Å². The quantitative estimate of drug-likeness (QED) is 0.631. The molecule has 50 valence electrons. The Morgan fingerprint density at radius 1 is 1.00 bits per heavy atom. The van der Waals surface area contributed by atoms with Crippen LogP contribution in [0.15, 0.2) is 0 Å². The van der Waals surface area contributed by atoms with Crippen molar-refractivity contribution in [3.63, 3.8) is 0 Å². The monoisotopic (exact) mass is 320 g/mol. The molecule has 0 nitrogen and oxygen atoms in total. The zero-order valence-electron chi connectivity index (χ0n) is 5.79. The summed E-state index contributed by atoms with van der Waals surface area (Å²) in [5.41, 5.74) is 0. The Balaban J connectivity index is 2.20. The molecule has 0 aromatic heterocycles. The summed E-state index contributed by atoms with van der Waals surface area (Å²) in [7, 11) is 0. The molecule has 0 atom stereocenters. The molecule has 0 aromatic carbocycles. The summed E-state index contributed by atoms with van der Waals surface area (Å²) >= 11 is 3.26. The predicted octanol–water partition coefficient (Wildman–Crippen LogP) is 0.0438. The molecule has 1 heterocycles. The van der Waals surface area contributed by atoms with Crippen molar-refractivity contribution >= 4 is 49.2 Å². The molecule has 0 amide bonds. The Hall–Kier alpha value is 1.69. The van der Waals surface area contributed by atoms with Crippen molar-refractivity contribution in [2.24, 2.45) is 0 Å². The van der Waals surface area contributed by atoms with Crippen LogP contribution in [0, 0.1) is 0 Å². The van der Waals surface area contributed by atoms with Gasteiger partial charge in [-0.05, 0) is 0 Å². The summed E-state index contributed by atoms with van der Waals surface area (Å²) in [5.74, 6) is 0. The van der Waals surface area contributed by atoms with E-state index in [1.165, 1.54) is 21.3 Å². The van der Waals surface area contributed by atoms with Gasteiger partial charge in [0.1, 0.15) is 0 Å². The molecule has 0 bridgehead atoms. The summed E-state index contributed by atoms with van der Waals surface area (Å²) in [6, 6.07) is 0. The van der Waals surface area contributed by atoms with E-state index in [0.717, 1.165) is 40.5 Å².